The number of hydrogen-bond donors (Lipinski definition) is 0. The molecule has 5 rings (SSSR count). The predicted molar refractivity (Wildman–Crippen MR) is 146 cm³/mol. The number of piperazine rings is 1. The summed E-state index contributed by atoms with van der Waals surface area (Å²) < 4.78 is 5.24. The molecule has 1 aliphatic carbocycles. The molecule has 192 valence electrons. The van der Waals surface area contributed by atoms with Crippen LogP contribution in [0.3, 0.4) is 0 Å². The largest absolute Gasteiger partial charge is 0.497 e. The molecule has 0 spiro atoms. The number of amides is 2. The van der Waals surface area contributed by atoms with Gasteiger partial charge < -0.3 is 14.5 Å². The molecule has 4 aliphatic rings. The lowest BCUT2D eigenvalue weighted by Gasteiger charge is -2.36. The number of rotatable bonds is 5. The number of anilines is 1. The van der Waals surface area contributed by atoms with Gasteiger partial charge in [-0.2, -0.15) is 4.99 Å². The molecule has 2 unspecified atom stereocenters. The molecule has 1 fully saturated rings. The van der Waals surface area contributed by atoms with Crippen LogP contribution in [0.2, 0.25) is 0 Å². The minimum Gasteiger partial charge on any atom is -0.497 e. The number of thioether (sulfide) groups is 1. The fraction of sp³-hybridized carbons (Fsp3) is 0.571. The quantitative estimate of drug-likeness (QED) is 0.564. The Hall–Kier alpha value is -2.61. The van der Waals surface area contributed by atoms with Gasteiger partial charge in [-0.25, -0.2) is 4.99 Å². The lowest BCUT2D eigenvalue weighted by atomic mass is 9.71. The van der Waals surface area contributed by atoms with Crippen LogP contribution in [0, 0.1) is 17.3 Å². The molecule has 1 aromatic rings. The molecule has 1 saturated heterocycles. The summed E-state index contributed by atoms with van der Waals surface area (Å²) in [5, 5.41) is 0.880. The van der Waals surface area contributed by atoms with Gasteiger partial charge in [0.05, 0.1) is 12.2 Å². The fourth-order valence-electron chi connectivity index (χ4n) is 5.59. The van der Waals surface area contributed by atoms with Gasteiger partial charge in [0.2, 0.25) is 5.91 Å². The minimum absolute atomic E-state index is 0.0951. The monoisotopic (exact) mass is 508 g/mol. The van der Waals surface area contributed by atoms with E-state index in [0.717, 1.165) is 48.8 Å². The lowest BCUT2D eigenvalue weighted by Crippen LogP contribution is -2.48. The molecule has 0 saturated carbocycles. The third-order valence-corrected chi connectivity index (χ3v) is 9.17. The van der Waals surface area contributed by atoms with Crippen LogP contribution >= 0.6 is 11.8 Å². The van der Waals surface area contributed by atoms with Crippen molar-refractivity contribution in [2.45, 2.75) is 52.9 Å². The average Bonchev–Trinajstić information content (AvgIpc) is 3.25. The van der Waals surface area contributed by atoms with Crippen LogP contribution in [0.15, 0.2) is 44.7 Å². The SMILES string of the molecule is COc1ccc(N2CCN(C(=O)CCC3=NC(=O)C4C(=N3)SC3=C4CCC(C(C)(C)C)C3)CC2)cc1. The second kappa shape index (κ2) is 10.0. The van der Waals surface area contributed by atoms with Crippen molar-refractivity contribution >= 4 is 40.1 Å². The number of benzene rings is 1. The number of allylic oxidation sites excluding steroid dienone is 1. The summed E-state index contributed by atoms with van der Waals surface area (Å²) in [5.74, 6) is 1.72. The van der Waals surface area contributed by atoms with Gasteiger partial charge in [-0.1, -0.05) is 32.5 Å². The Morgan fingerprint density at radius 1 is 1.11 bits per heavy atom. The van der Waals surface area contributed by atoms with Gasteiger partial charge in [0.25, 0.3) is 5.91 Å². The highest BCUT2D eigenvalue weighted by atomic mass is 32.2. The Bertz CT molecular complexity index is 1120. The number of carbonyl (C=O) groups excluding carboxylic acids is 2. The summed E-state index contributed by atoms with van der Waals surface area (Å²) in [5.41, 5.74) is 2.65. The molecule has 1 aromatic carbocycles. The van der Waals surface area contributed by atoms with E-state index in [2.05, 4.69) is 42.8 Å². The number of ether oxygens (including phenoxy) is 1. The van der Waals surface area contributed by atoms with Crippen molar-refractivity contribution in [2.75, 3.05) is 38.2 Å². The Morgan fingerprint density at radius 3 is 2.50 bits per heavy atom. The Morgan fingerprint density at radius 2 is 1.83 bits per heavy atom. The first-order valence-corrected chi connectivity index (χ1v) is 13.8. The summed E-state index contributed by atoms with van der Waals surface area (Å²) in [7, 11) is 1.66. The smallest absolute Gasteiger partial charge is 0.261 e. The molecule has 2 amide bonds. The van der Waals surface area contributed by atoms with Crippen molar-refractivity contribution in [3.63, 3.8) is 0 Å². The van der Waals surface area contributed by atoms with E-state index in [1.54, 1.807) is 18.9 Å². The number of fused-ring (bicyclic) bond motifs is 2. The van der Waals surface area contributed by atoms with Crippen molar-refractivity contribution in [2.24, 2.45) is 27.2 Å². The summed E-state index contributed by atoms with van der Waals surface area (Å²) in [6, 6.07) is 8.03. The van der Waals surface area contributed by atoms with Crippen LogP contribution < -0.4 is 9.64 Å². The highest BCUT2D eigenvalue weighted by Gasteiger charge is 2.43. The van der Waals surface area contributed by atoms with Crippen molar-refractivity contribution in [3.05, 3.63) is 34.7 Å². The third-order valence-electron chi connectivity index (χ3n) is 7.96. The van der Waals surface area contributed by atoms with Crippen LogP contribution in [0.25, 0.3) is 0 Å². The van der Waals surface area contributed by atoms with Gasteiger partial charge in [0, 0.05) is 44.7 Å². The van der Waals surface area contributed by atoms with Gasteiger partial charge in [-0.15, -0.1) is 0 Å². The molecule has 36 heavy (non-hydrogen) atoms. The summed E-state index contributed by atoms with van der Waals surface area (Å²) in [4.78, 5) is 40.5. The molecule has 2 atom stereocenters. The second-order valence-electron chi connectivity index (χ2n) is 11.2. The maximum atomic E-state index is 13.0. The van der Waals surface area contributed by atoms with Gasteiger partial charge in [0.15, 0.2) is 0 Å². The first-order valence-electron chi connectivity index (χ1n) is 13.0. The number of methoxy groups -OCH3 is 1. The number of hydrogen-bond acceptors (Lipinski definition) is 6. The third kappa shape index (κ3) is 5.10. The van der Waals surface area contributed by atoms with E-state index in [-0.39, 0.29) is 23.1 Å². The lowest BCUT2D eigenvalue weighted by molar-refractivity contribution is -0.131. The van der Waals surface area contributed by atoms with Crippen LogP contribution in [0.5, 0.6) is 5.75 Å². The Balaban J connectivity index is 1.13. The highest BCUT2D eigenvalue weighted by molar-refractivity contribution is 8.17. The molecule has 3 aliphatic heterocycles. The number of amidine groups is 1. The van der Waals surface area contributed by atoms with E-state index in [1.807, 2.05) is 17.0 Å². The maximum Gasteiger partial charge on any atom is 0.261 e. The van der Waals surface area contributed by atoms with E-state index in [1.165, 1.54) is 10.5 Å². The standard InChI is InChI=1S/C28H36N4O3S/c1-28(2,3)18-5-10-21-22(17-18)36-27-25(21)26(34)29-23(30-27)11-12-24(33)32-15-13-31(14-16-32)19-6-8-20(35-4)9-7-19/h6-9,18,25H,5,10-17H2,1-4H3. The van der Waals surface area contributed by atoms with Crippen LogP contribution in [0.1, 0.15) is 52.9 Å². The number of nitrogens with zero attached hydrogens (tertiary/aromatic N) is 4. The van der Waals surface area contributed by atoms with Crippen molar-refractivity contribution < 1.29 is 14.3 Å². The molecule has 7 nitrogen and oxygen atoms in total. The molecule has 3 heterocycles. The molecular weight excluding hydrogens is 472 g/mol. The van der Waals surface area contributed by atoms with Crippen molar-refractivity contribution in [1.82, 2.24) is 4.90 Å². The van der Waals surface area contributed by atoms with E-state index >= 15 is 0 Å². The van der Waals surface area contributed by atoms with Gasteiger partial charge >= 0.3 is 0 Å². The van der Waals surface area contributed by atoms with Gasteiger partial charge in [0.1, 0.15) is 17.5 Å². The average molecular weight is 509 g/mol. The van der Waals surface area contributed by atoms with Crippen LogP contribution in [-0.4, -0.2) is 60.9 Å². The summed E-state index contributed by atoms with van der Waals surface area (Å²) in [6.45, 7) is 9.87. The van der Waals surface area contributed by atoms with Crippen molar-refractivity contribution in [3.8, 4) is 5.75 Å². The zero-order valence-electron chi connectivity index (χ0n) is 21.7. The minimum atomic E-state index is -0.267. The highest BCUT2D eigenvalue weighted by Crippen LogP contribution is 2.52. The number of carbonyl (C=O) groups is 2. The maximum absolute atomic E-state index is 13.0. The zero-order valence-corrected chi connectivity index (χ0v) is 22.6. The molecule has 0 bridgehead atoms. The van der Waals surface area contributed by atoms with E-state index in [4.69, 9.17) is 9.73 Å². The van der Waals surface area contributed by atoms with E-state index in [0.29, 0.717) is 37.7 Å². The van der Waals surface area contributed by atoms with Crippen molar-refractivity contribution in [1.29, 1.82) is 0 Å². The van der Waals surface area contributed by atoms with E-state index in [9.17, 15) is 9.59 Å². The first kappa shape index (κ1) is 25.1. The van der Waals surface area contributed by atoms with Gasteiger partial charge in [-0.3, -0.25) is 9.59 Å². The van der Waals surface area contributed by atoms with E-state index < -0.39 is 0 Å². The molecule has 0 aromatic heterocycles. The first-order chi connectivity index (χ1) is 17.2. The molecule has 0 N–H and O–H groups in total. The molecule has 8 heteroatoms. The molecule has 0 radical (unpaired) electrons. The van der Waals surface area contributed by atoms with Crippen LogP contribution in [0.4, 0.5) is 5.69 Å². The second-order valence-corrected chi connectivity index (χ2v) is 12.3. The zero-order chi connectivity index (χ0) is 25.4. The Labute approximate surface area is 218 Å². The topological polar surface area (TPSA) is 74.6 Å². The molecular formula is C28H36N4O3S. The Kier molecular flexibility index (Phi) is 6.99. The summed E-state index contributed by atoms with van der Waals surface area (Å²) in [6.07, 6.45) is 3.86. The van der Waals surface area contributed by atoms with Gasteiger partial charge in [-0.05, 0) is 65.3 Å². The predicted octanol–water partition coefficient (Wildman–Crippen LogP) is 4.92. The summed E-state index contributed by atoms with van der Waals surface area (Å²) >= 11 is 1.69. The normalized spacial score (nSPS) is 24.3. The number of aliphatic imine (C=N–C) groups is 2. The van der Waals surface area contributed by atoms with Crippen LogP contribution in [-0.2, 0) is 9.59 Å². The fourth-order valence-corrected chi connectivity index (χ4v) is 6.99.